The summed E-state index contributed by atoms with van der Waals surface area (Å²) in [6.45, 7) is 5.78. The Morgan fingerprint density at radius 3 is 2.54 bits per heavy atom. The van der Waals surface area contributed by atoms with Crippen molar-refractivity contribution in [1.82, 2.24) is 10.2 Å². The standard InChI is InChI=1S/C22H28N2O4/c1-15-9-10-20(16(2)11-15)28-14-21(25)24(17(3)22(26)23-4)13-18-7-6-8-19(12-18)27-5/h6-12,17H,13-14H2,1-5H3,(H,23,26)/t17-/m1/s1. The number of amides is 2. The van der Waals surface area contributed by atoms with E-state index in [1.165, 1.54) is 4.90 Å². The number of hydrogen-bond donors (Lipinski definition) is 1. The van der Waals surface area contributed by atoms with Crippen molar-refractivity contribution in [3.8, 4) is 11.5 Å². The van der Waals surface area contributed by atoms with Crippen LogP contribution in [-0.4, -0.2) is 43.5 Å². The molecule has 0 saturated heterocycles. The first-order valence-corrected chi connectivity index (χ1v) is 9.19. The summed E-state index contributed by atoms with van der Waals surface area (Å²) in [7, 11) is 3.14. The Kier molecular flexibility index (Phi) is 7.44. The largest absolute Gasteiger partial charge is 0.497 e. The van der Waals surface area contributed by atoms with Gasteiger partial charge in [0.1, 0.15) is 17.5 Å². The van der Waals surface area contributed by atoms with Crippen LogP contribution in [-0.2, 0) is 16.1 Å². The van der Waals surface area contributed by atoms with Crippen LogP contribution in [0.1, 0.15) is 23.6 Å². The molecule has 150 valence electrons. The van der Waals surface area contributed by atoms with E-state index in [0.29, 0.717) is 11.5 Å². The van der Waals surface area contributed by atoms with Crippen LogP contribution in [0.4, 0.5) is 0 Å². The smallest absolute Gasteiger partial charge is 0.261 e. The Labute approximate surface area is 166 Å². The van der Waals surface area contributed by atoms with Gasteiger partial charge in [0.25, 0.3) is 5.91 Å². The van der Waals surface area contributed by atoms with Crippen molar-refractivity contribution >= 4 is 11.8 Å². The third-order valence-electron chi connectivity index (χ3n) is 4.58. The van der Waals surface area contributed by atoms with Gasteiger partial charge >= 0.3 is 0 Å². The summed E-state index contributed by atoms with van der Waals surface area (Å²) in [5.74, 6) is 0.860. The molecular formula is C22H28N2O4. The first-order valence-electron chi connectivity index (χ1n) is 9.19. The third-order valence-corrected chi connectivity index (χ3v) is 4.58. The van der Waals surface area contributed by atoms with Crippen LogP contribution in [0.2, 0.25) is 0 Å². The number of rotatable bonds is 8. The normalized spacial score (nSPS) is 11.5. The van der Waals surface area contributed by atoms with Gasteiger partial charge in [0.2, 0.25) is 5.91 Å². The van der Waals surface area contributed by atoms with Gasteiger partial charge in [-0.3, -0.25) is 9.59 Å². The Bertz CT molecular complexity index is 835. The number of benzene rings is 2. The zero-order chi connectivity index (χ0) is 20.7. The molecule has 0 unspecified atom stereocenters. The van der Waals surface area contributed by atoms with Crippen molar-refractivity contribution in [2.45, 2.75) is 33.4 Å². The summed E-state index contributed by atoms with van der Waals surface area (Å²) < 4.78 is 11.0. The maximum absolute atomic E-state index is 12.9. The van der Waals surface area contributed by atoms with Crippen molar-refractivity contribution in [2.75, 3.05) is 20.8 Å². The number of aryl methyl sites for hydroxylation is 2. The van der Waals surface area contributed by atoms with Gasteiger partial charge in [-0.15, -0.1) is 0 Å². The second-order valence-corrected chi connectivity index (χ2v) is 6.72. The molecule has 2 amide bonds. The molecule has 0 aromatic heterocycles. The lowest BCUT2D eigenvalue weighted by atomic mass is 10.1. The second-order valence-electron chi connectivity index (χ2n) is 6.72. The molecule has 0 spiro atoms. The van der Waals surface area contributed by atoms with Crippen molar-refractivity contribution in [3.05, 3.63) is 59.2 Å². The van der Waals surface area contributed by atoms with E-state index in [0.717, 1.165) is 16.7 Å². The Balaban J connectivity index is 2.17. The molecule has 1 atom stereocenters. The zero-order valence-electron chi connectivity index (χ0n) is 17.1. The molecule has 0 aliphatic rings. The summed E-state index contributed by atoms with van der Waals surface area (Å²) in [4.78, 5) is 26.6. The van der Waals surface area contributed by atoms with E-state index in [1.54, 1.807) is 21.1 Å². The molecule has 6 nitrogen and oxygen atoms in total. The SMILES string of the molecule is CNC(=O)[C@@H](C)N(Cc1cccc(OC)c1)C(=O)COc1ccc(C)cc1C. The number of nitrogens with zero attached hydrogens (tertiary/aromatic N) is 1. The summed E-state index contributed by atoms with van der Waals surface area (Å²) in [6, 6.07) is 12.6. The number of carbonyl (C=O) groups excluding carboxylic acids is 2. The monoisotopic (exact) mass is 384 g/mol. The average molecular weight is 384 g/mol. The fourth-order valence-electron chi connectivity index (χ4n) is 2.94. The first-order chi connectivity index (χ1) is 13.3. The molecule has 0 radical (unpaired) electrons. The van der Waals surface area contributed by atoms with Gasteiger partial charge < -0.3 is 19.7 Å². The molecule has 28 heavy (non-hydrogen) atoms. The van der Waals surface area contributed by atoms with E-state index in [-0.39, 0.29) is 25.0 Å². The van der Waals surface area contributed by atoms with Gasteiger partial charge in [0.15, 0.2) is 6.61 Å². The lowest BCUT2D eigenvalue weighted by Gasteiger charge is -2.28. The highest BCUT2D eigenvalue weighted by Crippen LogP contribution is 2.20. The molecular weight excluding hydrogens is 356 g/mol. The van der Waals surface area contributed by atoms with Gasteiger partial charge in [0, 0.05) is 13.6 Å². The summed E-state index contributed by atoms with van der Waals surface area (Å²) in [5, 5.41) is 2.60. The van der Waals surface area contributed by atoms with Crippen LogP contribution in [0.3, 0.4) is 0 Å². The number of carbonyl (C=O) groups is 2. The second kappa shape index (κ2) is 9.78. The molecule has 2 aromatic carbocycles. The fraction of sp³-hybridized carbons (Fsp3) is 0.364. The van der Waals surface area contributed by atoms with Crippen LogP contribution in [0.25, 0.3) is 0 Å². The highest BCUT2D eigenvalue weighted by atomic mass is 16.5. The summed E-state index contributed by atoms with van der Waals surface area (Å²) in [6.07, 6.45) is 0. The van der Waals surface area contributed by atoms with Crippen molar-refractivity contribution in [2.24, 2.45) is 0 Å². The molecule has 6 heteroatoms. The number of methoxy groups -OCH3 is 1. The van der Waals surface area contributed by atoms with E-state index in [9.17, 15) is 9.59 Å². The van der Waals surface area contributed by atoms with Crippen LogP contribution in [0, 0.1) is 13.8 Å². The van der Waals surface area contributed by atoms with E-state index in [2.05, 4.69) is 5.32 Å². The van der Waals surface area contributed by atoms with Gasteiger partial charge in [0.05, 0.1) is 7.11 Å². The minimum atomic E-state index is -0.633. The molecule has 2 aromatic rings. The van der Waals surface area contributed by atoms with Crippen LogP contribution < -0.4 is 14.8 Å². The number of hydrogen-bond acceptors (Lipinski definition) is 4. The summed E-state index contributed by atoms with van der Waals surface area (Å²) in [5.41, 5.74) is 2.96. The molecule has 1 N–H and O–H groups in total. The number of ether oxygens (including phenoxy) is 2. The molecule has 0 saturated carbocycles. The zero-order valence-corrected chi connectivity index (χ0v) is 17.1. The Morgan fingerprint density at radius 2 is 1.89 bits per heavy atom. The van der Waals surface area contributed by atoms with Gasteiger partial charge in [-0.1, -0.05) is 29.8 Å². The van der Waals surface area contributed by atoms with Crippen molar-refractivity contribution in [1.29, 1.82) is 0 Å². The Hall–Kier alpha value is -3.02. The molecule has 0 aliphatic carbocycles. The predicted molar refractivity (Wildman–Crippen MR) is 108 cm³/mol. The number of likely N-dealkylation sites (N-methyl/N-ethyl adjacent to an activating group) is 1. The van der Waals surface area contributed by atoms with E-state index < -0.39 is 6.04 Å². The fourth-order valence-corrected chi connectivity index (χ4v) is 2.94. The lowest BCUT2D eigenvalue weighted by molar-refractivity contribution is -0.142. The third kappa shape index (κ3) is 5.49. The van der Waals surface area contributed by atoms with Crippen LogP contribution in [0.5, 0.6) is 11.5 Å². The lowest BCUT2D eigenvalue weighted by Crippen LogP contribution is -2.48. The highest BCUT2D eigenvalue weighted by Gasteiger charge is 2.26. The summed E-state index contributed by atoms with van der Waals surface area (Å²) >= 11 is 0. The van der Waals surface area contributed by atoms with Gasteiger partial charge in [-0.25, -0.2) is 0 Å². The minimum absolute atomic E-state index is 0.144. The van der Waals surface area contributed by atoms with E-state index in [4.69, 9.17) is 9.47 Å². The van der Waals surface area contributed by atoms with Gasteiger partial charge in [-0.05, 0) is 50.1 Å². The number of nitrogens with one attached hydrogen (secondary N) is 1. The maximum Gasteiger partial charge on any atom is 0.261 e. The minimum Gasteiger partial charge on any atom is -0.497 e. The predicted octanol–water partition coefficient (Wildman–Crippen LogP) is 2.85. The molecule has 0 bridgehead atoms. The molecule has 0 fully saturated rings. The average Bonchev–Trinajstić information content (AvgIpc) is 2.70. The molecule has 0 aliphatic heterocycles. The van der Waals surface area contributed by atoms with Crippen LogP contribution in [0.15, 0.2) is 42.5 Å². The highest BCUT2D eigenvalue weighted by molar-refractivity contribution is 5.87. The van der Waals surface area contributed by atoms with E-state index in [1.807, 2.05) is 56.3 Å². The van der Waals surface area contributed by atoms with Crippen molar-refractivity contribution < 1.29 is 19.1 Å². The molecule has 2 rings (SSSR count). The van der Waals surface area contributed by atoms with Gasteiger partial charge in [-0.2, -0.15) is 0 Å². The quantitative estimate of drug-likeness (QED) is 0.760. The van der Waals surface area contributed by atoms with E-state index >= 15 is 0 Å². The molecule has 0 heterocycles. The van der Waals surface area contributed by atoms with Crippen LogP contribution >= 0.6 is 0 Å². The van der Waals surface area contributed by atoms with Crippen molar-refractivity contribution in [3.63, 3.8) is 0 Å². The maximum atomic E-state index is 12.9. The topological polar surface area (TPSA) is 67.9 Å². The first kappa shape index (κ1) is 21.3. The Morgan fingerprint density at radius 1 is 1.14 bits per heavy atom.